The molecule has 1 unspecified atom stereocenters. The molecule has 0 spiro atoms. The fourth-order valence-electron chi connectivity index (χ4n) is 2.44. The van der Waals surface area contributed by atoms with Gasteiger partial charge in [-0.2, -0.15) is 0 Å². The van der Waals surface area contributed by atoms with Gasteiger partial charge >= 0.3 is 5.97 Å². The van der Waals surface area contributed by atoms with Crippen LogP contribution >= 0.6 is 11.3 Å². The third-order valence-corrected chi connectivity index (χ3v) is 4.91. The quantitative estimate of drug-likeness (QED) is 0.944. The first-order chi connectivity index (χ1) is 10.00. The number of rotatable bonds is 3. The van der Waals surface area contributed by atoms with Gasteiger partial charge in [0.2, 0.25) is 0 Å². The second-order valence-electron chi connectivity index (χ2n) is 5.73. The fourth-order valence-corrected chi connectivity index (χ4v) is 3.58. The highest BCUT2D eigenvalue weighted by Crippen LogP contribution is 2.40. The normalized spacial score (nSPS) is 17.9. The van der Waals surface area contributed by atoms with Crippen molar-refractivity contribution in [3.05, 3.63) is 45.9 Å². The van der Waals surface area contributed by atoms with Crippen LogP contribution in [0.15, 0.2) is 29.6 Å². The van der Waals surface area contributed by atoms with Crippen molar-refractivity contribution in [2.75, 3.05) is 6.61 Å². The van der Waals surface area contributed by atoms with E-state index in [4.69, 9.17) is 4.74 Å². The Labute approximate surface area is 127 Å². The molecule has 1 aliphatic rings. The molecule has 2 aromatic rings. The largest absolute Gasteiger partial charge is 0.493 e. The molecule has 21 heavy (non-hydrogen) atoms. The average Bonchev–Trinajstić information content (AvgIpc) is 2.97. The molecular weight excluding hydrogens is 286 g/mol. The highest BCUT2D eigenvalue weighted by molar-refractivity contribution is 7.09. The second kappa shape index (κ2) is 5.15. The first-order valence-electron chi connectivity index (χ1n) is 6.91. The Bertz CT molecular complexity index is 678. The number of benzene rings is 1. The minimum atomic E-state index is -0.959. The van der Waals surface area contributed by atoms with E-state index in [1.165, 1.54) is 11.3 Å². The number of para-hydroxylation sites is 1. The molecule has 0 saturated heterocycles. The van der Waals surface area contributed by atoms with Gasteiger partial charge in [0.25, 0.3) is 0 Å². The lowest BCUT2D eigenvalue weighted by Gasteiger charge is -2.24. The van der Waals surface area contributed by atoms with E-state index in [-0.39, 0.29) is 5.92 Å². The van der Waals surface area contributed by atoms with Gasteiger partial charge in [0, 0.05) is 16.9 Å². The zero-order valence-corrected chi connectivity index (χ0v) is 12.8. The molecule has 0 aliphatic carbocycles. The van der Waals surface area contributed by atoms with E-state index in [0.29, 0.717) is 12.3 Å². The van der Waals surface area contributed by atoms with E-state index in [0.717, 1.165) is 22.7 Å². The predicted octanol–water partition coefficient (Wildman–Crippen LogP) is 3.42. The third kappa shape index (κ3) is 2.42. The summed E-state index contributed by atoms with van der Waals surface area (Å²) in [6.07, 6.45) is 0.872. The van der Waals surface area contributed by atoms with E-state index >= 15 is 0 Å². The summed E-state index contributed by atoms with van der Waals surface area (Å²) in [6.45, 7) is 4.04. The van der Waals surface area contributed by atoms with Crippen LogP contribution in [0.1, 0.15) is 42.5 Å². The van der Waals surface area contributed by atoms with Crippen LogP contribution in [0.4, 0.5) is 0 Å². The summed E-state index contributed by atoms with van der Waals surface area (Å²) in [6, 6.07) is 7.98. The number of carboxylic acid groups (broad SMARTS) is 1. The summed E-state index contributed by atoms with van der Waals surface area (Å²) in [5.41, 5.74) is 0.802. The monoisotopic (exact) mass is 303 g/mol. The Balaban J connectivity index is 1.97. The minimum Gasteiger partial charge on any atom is -0.493 e. The van der Waals surface area contributed by atoms with Crippen LogP contribution < -0.4 is 4.74 Å². The predicted molar refractivity (Wildman–Crippen MR) is 81.2 cm³/mol. The van der Waals surface area contributed by atoms with Crippen molar-refractivity contribution < 1.29 is 14.6 Å². The topological polar surface area (TPSA) is 59.4 Å². The van der Waals surface area contributed by atoms with Crippen molar-refractivity contribution in [2.24, 2.45) is 0 Å². The van der Waals surface area contributed by atoms with Crippen molar-refractivity contribution >= 4 is 17.3 Å². The Morgan fingerprint density at radius 2 is 2.19 bits per heavy atom. The van der Waals surface area contributed by atoms with Crippen LogP contribution in [-0.2, 0) is 10.2 Å². The number of aromatic nitrogens is 1. The lowest BCUT2D eigenvalue weighted by molar-refractivity contribution is -0.142. The van der Waals surface area contributed by atoms with Crippen LogP contribution in [0, 0.1) is 0 Å². The van der Waals surface area contributed by atoms with Crippen molar-refractivity contribution in [3.63, 3.8) is 0 Å². The molecule has 1 N–H and O–H groups in total. The van der Waals surface area contributed by atoms with Crippen LogP contribution in [0.25, 0.3) is 0 Å². The van der Waals surface area contributed by atoms with Crippen molar-refractivity contribution in [3.8, 4) is 5.75 Å². The molecule has 5 heteroatoms. The third-order valence-electron chi connectivity index (χ3n) is 3.95. The molecule has 110 valence electrons. The lowest BCUT2D eigenvalue weighted by atomic mass is 9.90. The molecule has 0 fully saturated rings. The Kier molecular flexibility index (Phi) is 3.45. The molecule has 0 bridgehead atoms. The van der Waals surface area contributed by atoms with Crippen LogP contribution in [-0.4, -0.2) is 22.7 Å². The molecule has 2 heterocycles. The van der Waals surface area contributed by atoms with Gasteiger partial charge in [0.05, 0.1) is 12.3 Å². The molecule has 1 aromatic carbocycles. The second-order valence-corrected chi connectivity index (χ2v) is 6.62. The SMILES string of the molecule is CC(C)(C(=O)O)c1csc(C2CCOc3ccccc32)n1. The first kappa shape index (κ1) is 14.1. The van der Waals surface area contributed by atoms with Crippen molar-refractivity contribution in [2.45, 2.75) is 31.6 Å². The highest BCUT2D eigenvalue weighted by atomic mass is 32.1. The summed E-state index contributed by atoms with van der Waals surface area (Å²) in [7, 11) is 0. The van der Waals surface area contributed by atoms with Gasteiger partial charge in [-0.1, -0.05) is 18.2 Å². The number of carbonyl (C=O) groups is 1. The number of hydrogen-bond donors (Lipinski definition) is 1. The van der Waals surface area contributed by atoms with E-state index in [1.54, 1.807) is 13.8 Å². The minimum absolute atomic E-state index is 0.193. The molecule has 0 saturated carbocycles. The van der Waals surface area contributed by atoms with Gasteiger partial charge in [-0.05, 0) is 26.3 Å². The van der Waals surface area contributed by atoms with Gasteiger partial charge in [0.1, 0.15) is 16.2 Å². The van der Waals surface area contributed by atoms with Crippen molar-refractivity contribution in [1.82, 2.24) is 4.98 Å². The smallest absolute Gasteiger partial charge is 0.315 e. The summed E-state index contributed by atoms with van der Waals surface area (Å²) in [5.74, 6) is 0.244. The maximum absolute atomic E-state index is 11.4. The average molecular weight is 303 g/mol. The summed E-state index contributed by atoms with van der Waals surface area (Å²) in [5, 5.41) is 12.1. The summed E-state index contributed by atoms with van der Waals surface area (Å²) < 4.78 is 5.67. The fraction of sp³-hybridized carbons (Fsp3) is 0.375. The molecule has 1 atom stereocenters. The van der Waals surface area contributed by atoms with Gasteiger partial charge in [-0.25, -0.2) is 4.98 Å². The Morgan fingerprint density at radius 1 is 1.43 bits per heavy atom. The molecule has 0 amide bonds. The number of ether oxygens (including phenoxy) is 1. The van der Waals surface area contributed by atoms with Crippen molar-refractivity contribution in [1.29, 1.82) is 0 Å². The first-order valence-corrected chi connectivity index (χ1v) is 7.79. The number of aliphatic carboxylic acids is 1. The standard InChI is InChI=1S/C16H17NO3S/c1-16(2,15(18)19)13-9-21-14(17-13)11-7-8-20-12-6-4-3-5-10(11)12/h3-6,9,11H,7-8H2,1-2H3,(H,18,19). The molecule has 3 rings (SSSR count). The van der Waals surface area contributed by atoms with E-state index in [1.807, 2.05) is 23.6 Å². The van der Waals surface area contributed by atoms with Gasteiger partial charge in [-0.3, -0.25) is 4.79 Å². The van der Waals surface area contributed by atoms with Crippen LogP contribution in [0.2, 0.25) is 0 Å². The van der Waals surface area contributed by atoms with E-state index < -0.39 is 11.4 Å². The maximum Gasteiger partial charge on any atom is 0.315 e. The molecule has 1 aromatic heterocycles. The van der Waals surface area contributed by atoms with E-state index in [9.17, 15) is 9.90 Å². The molecule has 4 nitrogen and oxygen atoms in total. The maximum atomic E-state index is 11.4. The van der Waals surface area contributed by atoms with Gasteiger partial charge in [-0.15, -0.1) is 11.3 Å². The molecular formula is C16H17NO3S. The zero-order valence-electron chi connectivity index (χ0n) is 12.0. The number of nitrogens with zero attached hydrogens (tertiary/aromatic N) is 1. The molecule has 0 radical (unpaired) electrons. The van der Waals surface area contributed by atoms with Gasteiger partial charge < -0.3 is 9.84 Å². The highest BCUT2D eigenvalue weighted by Gasteiger charge is 2.33. The number of hydrogen-bond acceptors (Lipinski definition) is 4. The number of carboxylic acids is 1. The van der Waals surface area contributed by atoms with Crippen LogP contribution in [0.3, 0.4) is 0 Å². The Morgan fingerprint density at radius 3 is 2.95 bits per heavy atom. The lowest BCUT2D eigenvalue weighted by Crippen LogP contribution is -2.29. The van der Waals surface area contributed by atoms with Crippen LogP contribution in [0.5, 0.6) is 5.75 Å². The zero-order chi connectivity index (χ0) is 15.0. The molecule has 1 aliphatic heterocycles. The summed E-state index contributed by atoms with van der Waals surface area (Å²) in [4.78, 5) is 16.0. The van der Waals surface area contributed by atoms with E-state index in [2.05, 4.69) is 11.1 Å². The number of fused-ring (bicyclic) bond motifs is 1. The number of thiazole rings is 1. The summed E-state index contributed by atoms with van der Waals surface area (Å²) >= 11 is 1.53. The Hall–Kier alpha value is -1.88. The van der Waals surface area contributed by atoms with Gasteiger partial charge in [0.15, 0.2) is 0 Å².